The molecular weight excluding hydrogens is 410 g/mol. The molecule has 1 aromatic carbocycles. The molecule has 5 heteroatoms. The zero-order valence-electron chi connectivity index (χ0n) is 20.7. The second-order valence-corrected chi connectivity index (χ2v) is 9.78. The summed E-state index contributed by atoms with van der Waals surface area (Å²) in [6.07, 6.45) is 9.16. The first-order chi connectivity index (χ1) is 16.0. The molecule has 1 heterocycles. The number of nitrogens with zero attached hydrogens (tertiary/aromatic N) is 3. The minimum absolute atomic E-state index is 0.0695. The molecule has 0 bridgehead atoms. The molecule has 1 saturated carbocycles. The third-order valence-corrected chi connectivity index (χ3v) is 6.75. The Balaban J connectivity index is 1.77. The second-order valence-electron chi connectivity index (χ2n) is 9.78. The highest BCUT2D eigenvalue weighted by Crippen LogP contribution is 2.25. The number of amides is 2. The van der Waals surface area contributed by atoms with Crippen LogP contribution in [0.15, 0.2) is 48.7 Å². The maximum absolute atomic E-state index is 13.6. The van der Waals surface area contributed by atoms with Crippen LogP contribution in [-0.2, 0) is 22.7 Å². The molecule has 33 heavy (non-hydrogen) atoms. The normalized spacial score (nSPS) is 14.4. The Hall–Kier alpha value is -2.56. The van der Waals surface area contributed by atoms with E-state index in [1.807, 2.05) is 13.0 Å². The number of hydrogen-bond acceptors (Lipinski definition) is 2. The first kappa shape index (κ1) is 25.1. The van der Waals surface area contributed by atoms with Gasteiger partial charge in [0.15, 0.2) is 0 Å². The Kier molecular flexibility index (Phi) is 9.59. The van der Waals surface area contributed by atoms with Gasteiger partial charge in [0.05, 0.1) is 13.1 Å². The number of benzene rings is 1. The summed E-state index contributed by atoms with van der Waals surface area (Å²) in [7, 11) is 0. The molecule has 2 amide bonds. The zero-order valence-corrected chi connectivity index (χ0v) is 20.7. The molecule has 0 atom stereocenters. The summed E-state index contributed by atoms with van der Waals surface area (Å²) >= 11 is 0. The third kappa shape index (κ3) is 7.48. The van der Waals surface area contributed by atoms with Crippen molar-refractivity contribution in [2.75, 3.05) is 13.1 Å². The Labute approximate surface area is 199 Å². The van der Waals surface area contributed by atoms with Crippen molar-refractivity contribution in [3.8, 4) is 0 Å². The number of rotatable bonds is 11. The Morgan fingerprint density at radius 2 is 1.73 bits per heavy atom. The first-order valence-electron chi connectivity index (χ1n) is 12.7. The van der Waals surface area contributed by atoms with Crippen molar-refractivity contribution >= 4 is 11.8 Å². The van der Waals surface area contributed by atoms with Crippen LogP contribution in [0.5, 0.6) is 0 Å². The van der Waals surface area contributed by atoms with Gasteiger partial charge in [-0.15, -0.1) is 0 Å². The standard InChI is InChI=1S/C28H41N3O2/c1-4-27(32)30(19-17-23(2)3)22-28(33)31(25-14-9-6-10-15-25)21-26-16-11-18-29(26)20-24-12-7-5-8-13-24/h5,7-8,11-13,16,18,23,25H,4,6,9-10,14-15,17,19-22H2,1-3H3. The van der Waals surface area contributed by atoms with Crippen molar-refractivity contribution in [2.45, 2.75) is 84.8 Å². The predicted molar refractivity (Wildman–Crippen MR) is 134 cm³/mol. The van der Waals surface area contributed by atoms with E-state index in [0.717, 1.165) is 31.5 Å². The van der Waals surface area contributed by atoms with E-state index in [1.54, 1.807) is 4.90 Å². The van der Waals surface area contributed by atoms with Crippen LogP contribution in [0, 0.1) is 5.92 Å². The van der Waals surface area contributed by atoms with Crippen molar-refractivity contribution in [1.29, 1.82) is 0 Å². The average Bonchev–Trinajstić information content (AvgIpc) is 3.27. The van der Waals surface area contributed by atoms with Crippen molar-refractivity contribution in [1.82, 2.24) is 14.4 Å². The van der Waals surface area contributed by atoms with Crippen LogP contribution in [0.25, 0.3) is 0 Å². The largest absolute Gasteiger partial charge is 0.345 e. The van der Waals surface area contributed by atoms with E-state index in [-0.39, 0.29) is 24.4 Å². The Morgan fingerprint density at radius 1 is 1.00 bits per heavy atom. The summed E-state index contributed by atoms with van der Waals surface area (Å²) in [5.74, 6) is 0.655. The van der Waals surface area contributed by atoms with Crippen molar-refractivity contribution in [3.05, 3.63) is 59.9 Å². The molecule has 3 rings (SSSR count). The van der Waals surface area contributed by atoms with E-state index in [1.165, 1.54) is 24.8 Å². The zero-order chi connectivity index (χ0) is 23.6. The summed E-state index contributed by atoms with van der Waals surface area (Å²) in [5.41, 5.74) is 2.40. The van der Waals surface area contributed by atoms with Gasteiger partial charge < -0.3 is 14.4 Å². The average molecular weight is 452 g/mol. The van der Waals surface area contributed by atoms with Crippen molar-refractivity contribution in [2.24, 2.45) is 5.92 Å². The molecule has 0 saturated heterocycles. The fourth-order valence-corrected chi connectivity index (χ4v) is 4.70. The summed E-state index contributed by atoms with van der Waals surface area (Å²) in [6, 6.07) is 14.9. The molecule has 0 N–H and O–H groups in total. The van der Waals surface area contributed by atoms with Gasteiger partial charge in [0.1, 0.15) is 0 Å². The number of carbonyl (C=O) groups is 2. The fraction of sp³-hybridized carbons (Fsp3) is 0.571. The smallest absolute Gasteiger partial charge is 0.242 e. The Morgan fingerprint density at radius 3 is 2.39 bits per heavy atom. The fourth-order valence-electron chi connectivity index (χ4n) is 4.70. The molecule has 1 aliphatic carbocycles. The minimum atomic E-state index is 0.0695. The lowest BCUT2D eigenvalue weighted by Gasteiger charge is -2.36. The molecule has 1 aromatic heterocycles. The molecule has 5 nitrogen and oxygen atoms in total. The van der Waals surface area contributed by atoms with E-state index in [4.69, 9.17) is 0 Å². The lowest BCUT2D eigenvalue weighted by molar-refractivity contribution is -0.142. The van der Waals surface area contributed by atoms with Gasteiger partial charge >= 0.3 is 0 Å². The second kappa shape index (κ2) is 12.6. The molecule has 0 spiro atoms. The monoisotopic (exact) mass is 451 g/mol. The topological polar surface area (TPSA) is 45.6 Å². The molecular formula is C28H41N3O2. The van der Waals surface area contributed by atoms with Crippen LogP contribution < -0.4 is 0 Å². The van der Waals surface area contributed by atoms with Crippen LogP contribution >= 0.6 is 0 Å². The van der Waals surface area contributed by atoms with Gasteiger partial charge in [0.25, 0.3) is 0 Å². The number of hydrogen-bond donors (Lipinski definition) is 0. The van der Waals surface area contributed by atoms with Gasteiger partial charge in [0.2, 0.25) is 11.8 Å². The lowest BCUT2D eigenvalue weighted by atomic mass is 9.94. The Bertz CT molecular complexity index is 868. The first-order valence-corrected chi connectivity index (χ1v) is 12.7. The highest BCUT2D eigenvalue weighted by Gasteiger charge is 2.28. The van der Waals surface area contributed by atoms with E-state index in [0.29, 0.717) is 25.4 Å². The van der Waals surface area contributed by atoms with Gasteiger partial charge in [-0.1, -0.05) is 70.4 Å². The van der Waals surface area contributed by atoms with Gasteiger partial charge in [-0.3, -0.25) is 9.59 Å². The summed E-state index contributed by atoms with van der Waals surface area (Å²) in [4.78, 5) is 30.1. The maximum Gasteiger partial charge on any atom is 0.242 e. The van der Waals surface area contributed by atoms with E-state index in [9.17, 15) is 9.59 Å². The van der Waals surface area contributed by atoms with Crippen LogP contribution in [0.2, 0.25) is 0 Å². The van der Waals surface area contributed by atoms with E-state index in [2.05, 4.69) is 65.9 Å². The molecule has 1 fully saturated rings. The van der Waals surface area contributed by atoms with E-state index >= 15 is 0 Å². The highest BCUT2D eigenvalue weighted by molar-refractivity contribution is 5.85. The summed E-state index contributed by atoms with van der Waals surface area (Å²) < 4.78 is 2.24. The van der Waals surface area contributed by atoms with Crippen LogP contribution in [0.4, 0.5) is 0 Å². The molecule has 1 aliphatic rings. The summed E-state index contributed by atoms with van der Waals surface area (Å²) in [5, 5.41) is 0. The molecule has 180 valence electrons. The van der Waals surface area contributed by atoms with E-state index < -0.39 is 0 Å². The van der Waals surface area contributed by atoms with Gasteiger partial charge in [-0.25, -0.2) is 0 Å². The van der Waals surface area contributed by atoms with Crippen molar-refractivity contribution in [3.63, 3.8) is 0 Å². The molecule has 0 radical (unpaired) electrons. The number of aromatic nitrogens is 1. The van der Waals surface area contributed by atoms with Gasteiger partial charge in [0, 0.05) is 37.4 Å². The molecule has 0 aliphatic heterocycles. The number of carbonyl (C=O) groups excluding carboxylic acids is 2. The van der Waals surface area contributed by atoms with Crippen molar-refractivity contribution < 1.29 is 9.59 Å². The van der Waals surface area contributed by atoms with Gasteiger partial charge in [-0.05, 0) is 42.9 Å². The maximum atomic E-state index is 13.6. The predicted octanol–water partition coefficient (Wildman–Crippen LogP) is 5.48. The van der Waals surface area contributed by atoms with Crippen LogP contribution in [-0.4, -0.2) is 45.3 Å². The van der Waals surface area contributed by atoms with Crippen LogP contribution in [0.3, 0.4) is 0 Å². The quantitative estimate of drug-likeness (QED) is 0.454. The SMILES string of the molecule is CCC(=O)N(CCC(C)C)CC(=O)N(Cc1cccn1Cc1ccccc1)C1CCCCC1. The lowest BCUT2D eigenvalue weighted by Crippen LogP contribution is -2.47. The third-order valence-electron chi connectivity index (χ3n) is 6.75. The molecule has 0 unspecified atom stereocenters. The highest BCUT2D eigenvalue weighted by atomic mass is 16.2. The summed E-state index contributed by atoms with van der Waals surface area (Å²) in [6.45, 7) is 8.43. The molecule has 2 aromatic rings. The minimum Gasteiger partial charge on any atom is -0.345 e. The van der Waals surface area contributed by atoms with Crippen LogP contribution in [0.1, 0.15) is 77.0 Å². The van der Waals surface area contributed by atoms with Gasteiger partial charge in [-0.2, -0.15) is 0 Å².